The second-order valence-electron chi connectivity index (χ2n) is 7.15. The minimum absolute atomic E-state index is 0.0791. The van der Waals surface area contributed by atoms with Crippen molar-refractivity contribution in [1.29, 1.82) is 0 Å². The number of benzene rings is 2. The molecule has 0 aliphatic heterocycles. The molecule has 0 radical (unpaired) electrons. The summed E-state index contributed by atoms with van der Waals surface area (Å²) in [5.41, 5.74) is 3.81. The first kappa shape index (κ1) is 20.1. The summed E-state index contributed by atoms with van der Waals surface area (Å²) >= 11 is 3.42. The Morgan fingerprint density at radius 2 is 1.87 bits per heavy atom. The molecule has 30 heavy (non-hydrogen) atoms. The van der Waals surface area contributed by atoms with Crippen LogP contribution in [0.15, 0.2) is 75.9 Å². The zero-order valence-electron chi connectivity index (χ0n) is 16.7. The zero-order valence-corrected chi connectivity index (χ0v) is 18.3. The Morgan fingerprint density at radius 3 is 2.60 bits per heavy atom. The smallest absolute Gasteiger partial charge is 0.274 e. The fraction of sp³-hybridized carbons (Fsp3) is 0.174. The number of carbonyl (C=O) groups excluding carboxylic acids is 1. The van der Waals surface area contributed by atoms with Gasteiger partial charge in [0.1, 0.15) is 12.2 Å². The molecule has 2 aromatic heterocycles. The van der Waals surface area contributed by atoms with E-state index in [4.69, 9.17) is 4.52 Å². The molecule has 0 saturated heterocycles. The van der Waals surface area contributed by atoms with Crippen molar-refractivity contribution in [3.8, 4) is 23.0 Å². The lowest BCUT2D eigenvalue weighted by Crippen LogP contribution is -2.30. The highest BCUT2D eigenvalue weighted by Crippen LogP contribution is 2.24. The van der Waals surface area contributed by atoms with Gasteiger partial charge < -0.3 is 14.4 Å². The van der Waals surface area contributed by atoms with Crippen LogP contribution in [0.1, 0.15) is 24.1 Å². The van der Waals surface area contributed by atoms with Gasteiger partial charge in [-0.3, -0.25) is 4.79 Å². The van der Waals surface area contributed by atoms with Crippen LogP contribution in [0.25, 0.3) is 23.0 Å². The molecule has 1 N–H and O–H groups in total. The first-order valence-electron chi connectivity index (χ1n) is 9.60. The van der Waals surface area contributed by atoms with E-state index in [-0.39, 0.29) is 18.5 Å². The van der Waals surface area contributed by atoms with Crippen LogP contribution >= 0.6 is 15.9 Å². The van der Waals surface area contributed by atoms with Gasteiger partial charge in [-0.25, -0.2) is 0 Å². The molecule has 1 atom stereocenters. The predicted octanol–water partition coefficient (Wildman–Crippen LogP) is 5.15. The normalized spacial score (nSPS) is 12.0. The summed E-state index contributed by atoms with van der Waals surface area (Å²) in [7, 11) is 0. The van der Waals surface area contributed by atoms with Gasteiger partial charge >= 0.3 is 0 Å². The second kappa shape index (κ2) is 8.67. The second-order valence-corrected chi connectivity index (χ2v) is 8.07. The van der Waals surface area contributed by atoms with E-state index in [0.717, 1.165) is 15.6 Å². The lowest BCUT2D eigenvalue weighted by Gasteiger charge is -2.15. The number of carbonyl (C=O) groups is 1. The zero-order chi connectivity index (χ0) is 21.1. The Bertz CT molecular complexity index is 1150. The molecule has 0 unspecified atom stereocenters. The number of nitrogens with one attached hydrogen (secondary N) is 1. The third-order valence-corrected chi connectivity index (χ3v) is 5.37. The van der Waals surface area contributed by atoms with Crippen molar-refractivity contribution in [2.75, 3.05) is 0 Å². The van der Waals surface area contributed by atoms with Crippen molar-refractivity contribution in [2.45, 2.75) is 26.4 Å². The van der Waals surface area contributed by atoms with E-state index < -0.39 is 0 Å². The maximum absolute atomic E-state index is 12.6. The summed E-state index contributed by atoms with van der Waals surface area (Å²) < 4.78 is 8.24. The maximum atomic E-state index is 12.6. The van der Waals surface area contributed by atoms with Gasteiger partial charge in [-0.15, -0.1) is 0 Å². The molecule has 2 heterocycles. The Labute approximate surface area is 183 Å². The Balaban J connectivity index is 1.46. The average molecular weight is 465 g/mol. The van der Waals surface area contributed by atoms with Gasteiger partial charge in [-0.05, 0) is 55.8 Å². The average Bonchev–Trinajstić information content (AvgIpc) is 3.38. The number of aromatic nitrogens is 3. The van der Waals surface area contributed by atoms with Crippen molar-refractivity contribution in [3.05, 3.63) is 82.5 Å². The quantitative estimate of drug-likeness (QED) is 0.427. The van der Waals surface area contributed by atoms with Gasteiger partial charge in [0.25, 0.3) is 5.89 Å². The largest absolute Gasteiger partial charge is 0.348 e. The van der Waals surface area contributed by atoms with Crippen molar-refractivity contribution in [1.82, 2.24) is 20.0 Å². The van der Waals surface area contributed by atoms with E-state index >= 15 is 0 Å². The molecule has 7 heteroatoms. The van der Waals surface area contributed by atoms with Gasteiger partial charge in [0.15, 0.2) is 0 Å². The van der Waals surface area contributed by atoms with Gasteiger partial charge in [0.2, 0.25) is 11.7 Å². The van der Waals surface area contributed by atoms with Crippen molar-refractivity contribution in [3.63, 3.8) is 0 Å². The Hall–Kier alpha value is -3.19. The fourth-order valence-electron chi connectivity index (χ4n) is 3.17. The van der Waals surface area contributed by atoms with E-state index in [1.165, 1.54) is 5.56 Å². The molecular weight excluding hydrogens is 444 g/mol. The van der Waals surface area contributed by atoms with Crippen LogP contribution in [0.5, 0.6) is 0 Å². The highest BCUT2D eigenvalue weighted by Gasteiger charge is 2.16. The minimum Gasteiger partial charge on any atom is -0.348 e. The first-order chi connectivity index (χ1) is 14.5. The topological polar surface area (TPSA) is 73.0 Å². The van der Waals surface area contributed by atoms with E-state index in [9.17, 15) is 4.79 Å². The molecular formula is C23H21BrN4O2. The number of nitrogens with zero attached hydrogens (tertiary/aromatic N) is 3. The summed E-state index contributed by atoms with van der Waals surface area (Å²) in [5, 5.41) is 7.11. The SMILES string of the molecule is Cc1ccc([C@@H](C)NC(=O)Cn2cccc2-c2nc(-c3ccc(Br)cc3)no2)cc1. The molecule has 0 spiro atoms. The van der Waals surface area contributed by atoms with Crippen LogP contribution in [0, 0.1) is 6.92 Å². The van der Waals surface area contributed by atoms with E-state index in [0.29, 0.717) is 17.4 Å². The lowest BCUT2D eigenvalue weighted by atomic mass is 10.1. The van der Waals surface area contributed by atoms with Crippen LogP contribution in [0.3, 0.4) is 0 Å². The molecule has 0 bridgehead atoms. The molecule has 0 aliphatic rings. The number of rotatable bonds is 6. The van der Waals surface area contributed by atoms with E-state index in [2.05, 4.69) is 31.4 Å². The Morgan fingerprint density at radius 1 is 1.13 bits per heavy atom. The van der Waals surface area contributed by atoms with Crippen LogP contribution in [0.4, 0.5) is 0 Å². The number of amides is 1. The highest BCUT2D eigenvalue weighted by atomic mass is 79.9. The Kier molecular flexibility index (Phi) is 5.81. The predicted molar refractivity (Wildman–Crippen MR) is 119 cm³/mol. The summed E-state index contributed by atoms with van der Waals surface area (Å²) in [4.78, 5) is 17.1. The lowest BCUT2D eigenvalue weighted by molar-refractivity contribution is -0.122. The molecule has 4 aromatic rings. The summed E-state index contributed by atoms with van der Waals surface area (Å²) in [5.74, 6) is 0.785. The fourth-order valence-corrected chi connectivity index (χ4v) is 3.43. The van der Waals surface area contributed by atoms with Crippen LogP contribution in [-0.2, 0) is 11.3 Å². The molecule has 0 aliphatic carbocycles. The molecule has 1 amide bonds. The molecule has 0 fully saturated rings. The van der Waals surface area contributed by atoms with Crippen molar-refractivity contribution >= 4 is 21.8 Å². The highest BCUT2D eigenvalue weighted by molar-refractivity contribution is 9.10. The number of hydrogen-bond acceptors (Lipinski definition) is 4. The molecule has 6 nitrogen and oxygen atoms in total. The first-order valence-corrected chi connectivity index (χ1v) is 10.4. The monoisotopic (exact) mass is 464 g/mol. The summed E-state index contributed by atoms with van der Waals surface area (Å²) in [6.07, 6.45) is 1.83. The third kappa shape index (κ3) is 4.52. The van der Waals surface area contributed by atoms with Gasteiger partial charge in [-0.2, -0.15) is 4.98 Å². The maximum Gasteiger partial charge on any atom is 0.274 e. The van der Waals surface area contributed by atoms with E-state index in [1.54, 1.807) is 4.57 Å². The molecule has 2 aromatic carbocycles. The summed E-state index contributed by atoms with van der Waals surface area (Å²) in [6, 6.07) is 19.5. The molecule has 0 saturated carbocycles. The summed E-state index contributed by atoms with van der Waals surface area (Å²) in [6.45, 7) is 4.18. The van der Waals surface area contributed by atoms with Crippen molar-refractivity contribution in [2.24, 2.45) is 0 Å². The number of hydrogen-bond donors (Lipinski definition) is 1. The third-order valence-electron chi connectivity index (χ3n) is 4.85. The minimum atomic E-state index is -0.0897. The van der Waals surface area contributed by atoms with E-state index in [1.807, 2.05) is 80.7 Å². The standard InChI is InChI=1S/C23H21BrN4O2/c1-15-5-7-17(8-6-15)16(2)25-21(29)14-28-13-3-4-20(28)23-26-22(27-30-23)18-9-11-19(24)12-10-18/h3-13,16H,14H2,1-2H3,(H,25,29)/t16-/m1/s1. The van der Waals surface area contributed by atoms with Crippen LogP contribution < -0.4 is 5.32 Å². The van der Waals surface area contributed by atoms with Gasteiger partial charge in [0, 0.05) is 16.2 Å². The van der Waals surface area contributed by atoms with Gasteiger partial charge in [-0.1, -0.05) is 50.9 Å². The number of aryl methyl sites for hydroxylation is 1. The van der Waals surface area contributed by atoms with Crippen LogP contribution in [-0.4, -0.2) is 20.6 Å². The van der Waals surface area contributed by atoms with Crippen LogP contribution in [0.2, 0.25) is 0 Å². The van der Waals surface area contributed by atoms with Gasteiger partial charge in [0.05, 0.1) is 6.04 Å². The number of halogens is 1. The molecule has 4 rings (SSSR count). The molecule has 152 valence electrons. The van der Waals surface area contributed by atoms with Crippen molar-refractivity contribution < 1.29 is 9.32 Å².